The number of nitrogens with two attached hydrogens (primary N) is 1. The minimum atomic E-state index is -0.638. The molecule has 1 aliphatic carbocycles. The standard InChI is InChI=1S/C13H15N3O/c1-9(16-12(17)13(15)6-7-13)11-4-2-10(8-14)3-5-11/h2-5,9H,6-7,15H2,1H3,(H,16,17). The molecule has 0 heterocycles. The summed E-state index contributed by atoms with van der Waals surface area (Å²) in [7, 11) is 0. The molecule has 0 radical (unpaired) electrons. The number of hydrogen-bond donors (Lipinski definition) is 2. The molecule has 17 heavy (non-hydrogen) atoms. The minimum Gasteiger partial charge on any atom is -0.348 e. The van der Waals surface area contributed by atoms with Crippen molar-refractivity contribution in [3.8, 4) is 6.07 Å². The molecule has 2 rings (SSSR count). The Balaban J connectivity index is 2.02. The van der Waals surface area contributed by atoms with Crippen LogP contribution in [0.5, 0.6) is 0 Å². The van der Waals surface area contributed by atoms with Crippen LogP contribution in [0.1, 0.15) is 36.9 Å². The first-order valence-corrected chi connectivity index (χ1v) is 5.65. The van der Waals surface area contributed by atoms with E-state index in [1.54, 1.807) is 12.1 Å². The molecule has 1 aliphatic rings. The zero-order chi connectivity index (χ0) is 12.5. The lowest BCUT2D eigenvalue weighted by Crippen LogP contribution is -2.43. The van der Waals surface area contributed by atoms with Gasteiger partial charge in [0.25, 0.3) is 0 Å². The fourth-order valence-corrected chi connectivity index (χ4v) is 1.63. The molecule has 1 unspecified atom stereocenters. The van der Waals surface area contributed by atoms with Gasteiger partial charge in [0.1, 0.15) is 0 Å². The Morgan fingerprint density at radius 3 is 2.53 bits per heavy atom. The van der Waals surface area contributed by atoms with Crippen LogP contribution in [0.25, 0.3) is 0 Å². The molecule has 0 aromatic heterocycles. The number of amides is 1. The fourth-order valence-electron chi connectivity index (χ4n) is 1.63. The molecule has 0 spiro atoms. The zero-order valence-electron chi connectivity index (χ0n) is 9.73. The molecule has 4 nitrogen and oxygen atoms in total. The lowest BCUT2D eigenvalue weighted by atomic mass is 10.1. The summed E-state index contributed by atoms with van der Waals surface area (Å²) >= 11 is 0. The Morgan fingerprint density at radius 2 is 2.06 bits per heavy atom. The van der Waals surface area contributed by atoms with Crippen LogP contribution in [0.2, 0.25) is 0 Å². The number of rotatable bonds is 3. The van der Waals surface area contributed by atoms with E-state index < -0.39 is 5.54 Å². The van der Waals surface area contributed by atoms with E-state index in [0.717, 1.165) is 18.4 Å². The molecule has 0 saturated heterocycles. The number of hydrogen-bond acceptors (Lipinski definition) is 3. The highest BCUT2D eigenvalue weighted by atomic mass is 16.2. The number of nitrogens with zero attached hydrogens (tertiary/aromatic N) is 1. The highest BCUT2D eigenvalue weighted by Gasteiger charge is 2.46. The first kappa shape index (κ1) is 11.6. The molecule has 4 heteroatoms. The molecule has 1 aromatic rings. The average molecular weight is 229 g/mol. The summed E-state index contributed by atoms with van der Waals surface area (Å²) in [5.41, 5.74) is 6.76. The molecular formula is C13H15N3O. The molecule has 0 bridgehead atoms. The third-order valence-electron chi connectivity index (χ3n) is 3.13. The Kier molecular flexibility index (Phi) is 2.86. The second-order valence-electron chi connectivity index (χ2n) is 4.59. The van der Waals surface area contributed by atoms with E-state index in [9.17, 15) is 4.79 Å². The lowest BCUT2D eigenvalue weighted by molar-refractivity contribution is -0.123. The van der Waals surface area contributed by atoms with Gasteiger partial charge in [-0.15, -0.1) is 0 Å². The monoisotopic (exact) mass is 229 g/mol. The third kappa shape index (κ3) is 2.45. The second kappa shape index (κ2) is 4.19. The van der Waals surface area contributed by atoms with Gasteiger partial charge in [0.15, 0.2) is 0 Å². The van der Waals surface area contributed by atoms with E-state index in [2.05, 4.69) is 11.4 Å². The van der Waals surface area contributed by atoms with Crippen molar-refractivity contribution in [3.63, 3.8) is 0 Å². The van der Waals surface area contributed by atoms with Crippen LogP contribution in [0.3, 0.4) is 0 Å². The number of carbonyl (C=O) groups is 1. The summed E-state index contributed by atoms with van der Waals surface area (Å²) in [5.74, 6) is -0.0886. The van der Waals surface area contributed by atoms with Gasteiger partial charge in [0.05, 0.1) is 23.2 Å². The van der Waals surface area contributed by atoms with Crippen LogP contribution in [-0.2, 0) is 4.79 Å². The van der Waals surface area contributed by atoms with Gasteiger partial charge in [-0.05, 0) is 37.5 Å². The van der Waals surface area contributed by atoms with Crippen molar-refractivity contribution in [1.29, 1.82) is 5.26 Å². The van der Waals surface area contributed by atoms with Gasteiger partial charge >= 0.3 is 0 Å². The zero-order valence-corrected chi connectivity index (χ0v) is 9.73. The highest BCUT2D eigenvalue weighted by Crippen LogP contribution is 2.32. The van der Waals surface area contributed by atoms with Gasteiger partial charge in [-0.3, -0.25) is 4.79 Å². The Labute approximate surface area is 100 Å². The van der Waals surface area contributed by atoms with Crippen molar-refractivity contribution < 1.29 is 4.79 Å². The molecule has 1 aromatic carbocycles. The predicted molar refractivity (Wildman–Crippen MR) is 63.9 cm³/mol. The van der Waals surface area contributed by atoms with Gasteiger partial charge in [0.2, 0.25) is 5.91 Å². The summed E-state index contributed by atoms with van der Waals surface area (Å²) in [5, 5.41) is 11.6. The number of carbonyl (C=O) groups excluding carboxylic acids is 1. The highest BCUT2D eigenvalue weighted by molar-refractivity contribution is 5.89. The topological polar surface area (TPSA) is 78.9 Å². The van der Waals surface area contributed by atoms with E-state index >= 15 is 0 Å². The maximum absolute atomic E-state index is 11.7. The van der Waals surface area contributed by atoms with E-state index in [-0.39, 0.29) is 11.9 Å². The average Bonchev–Trinajstić information content (AvgIpc) is 3.09. The summed E-state index contributed by atoms with van der Waals surface area (Å²) < 4.78 is 0. The molecule has 1 amide bonds. The van der Waals surface area contributed by atoms with Crippen LogP contribution in [-0.4, -0.2) is 11.4 Å². The van der Waals surface area contributed by atoms with Crippen LogP contribution in [0.4, 0.5) is 0 Å². The van der Waals surface area contributed by atoms with Crippen LogP contribution in [0.15, 0.2) is 24.3 Å². The van der Waals surface area contributed by atoms with Crippen molar-refractivity contribution in [2.75, 3.05) is 0 Å². The van der Waals surface area contributed by atoms with Crippen molar-refractivity contribution in [1.82, 2.24) is 5.32 Å². The Hall–Kier alpha value is -1.86. The Bertz CT molecular complexity index is 468. The minimum absolute atomic E-state index is 0.0868. The van der Waals surface area contributed by atoms with E-state index in [1.165, 1.54) is 0 Å². The summed E-state index contributed by atoms with van der Waals surface area (Å²) in [6.07, 6.45) is 1.53. The van der Waals surface area contributed by atoms with Crippen molar-refractivity contribution in [2.24, 2.45) is 5.73 Å². The van der Waals surface area contributed by atoms with Crippen LogP contribution in [0, 0.1) is 11.3 Å². The molecule has 1 saturated carbocycles. The first-order valence-electron chi connectivity index (χ1n) is 5.65. The quantitative estimate of drug-likeness (QED) is 0.818. The second-order valence-corrected chi connectivity index (χ2v) is 4.59. The molecule has 1 atom stereocenters. The molecular weight excluding hydrogens is 214 g/mol. The van der Waals surface area contributed by atoms with Crippen LogP contribution >= 0.6 is 0 Å². The molecule has 88 valence electrons. The number of nitriles is 1. The largest absolute Gasteiger partial charge is 0.348 e. The molecule has 3 N–H and O–H groups in total. The molecule has 0 aliphatic heterocycles. The van der Waals surface area contributed by atoms with Gasteiger partial charge < -0.3 is 11.1 Å². The maximum atomic E-state index is 11.7. The summed E-state index contributed by atoms with van der Waals surface area (Å²) in [4.78, 5) is 11.7. The SMILES string of the molecule is CC(NC(=O)C1(N)CC1)c1ccc(C#N)cc1. The smallest absolute Gasteiger partial charge is 0.240 e. The fraction of sp³-hybridized carbons (Fsp3) is 0.385. The van der Waals surface area contributed by atoms with Crippen molar-refractivity contribution in [3.05, 3.63) is 35.4 Å². The van der Waals surface area contributed by atoms with E-state index in [1.807, 2.05) is 19.1 Å². The van der Waals surface area contributed by atoms with E-state index in [4.69, 9.17) is 11.0 Å². The van der Waals surface area contributed by atoms with Crippen LogP contribution < -0.4 is 11.1 Å². The maximum Gasteiger partial charge on any atom is 0.240 e. The third-order valence-corrected chi connectivity index (χ3v) is 3.13. The Morgan fingerprint density at radius 1 is 1.47 bits per heavy atom. The van der Waals surface area contributed by atoms with E-state index in [0.29, 0.717) is 5.56 Å². The van der Waals surface area contributed by atoms with Gasteiger partial charge in [-0.2, -0.15) is 5.26 Å². The normalized spacial score (nSPS) is 17.9. The van der Waals surface area contributed by atoms with Crippen molar-refractivity contribution in [2.45, 2.75) is 31.3 Å². The first-order chi connectivity index (χ1) is 8.05. The van der Waals surface area contributed by atoms with Gasteiger partial charge in [0, 0.05) is 0 Å². The summed E-state index contributed by atoms with van der Waals surface area (Å²) in [6.45, 7) is 1.91. The van der Waals surface area contributed by atoms with Crippen molar-refractivity contribution >= 4 is 5.91 Å². The van der Waals surface area contributed by atoms with Gasteiger partial charge in [-0.25, -0.2) is 0 Å². The lowest BCUT2D eigenvalue weighted by Gasteiger charge is -2.17. The number of nitrogens with one attached hydrogen (secondary N) is 1. The van der Waals surface area contributed by atoms with Gasteiger partial charge in [-0.1, -0.05) is 12.1 Å². The summed E-state index contributed by atoms with van der Waals surface area (Å²) in [6, 6.07) is 9.15. The molecule has 1 fully saturated rings. The number of benzene rings is 1. The predicted octanol–water partition coefficient (Wildman–Crippen LogP) is 1.23.